The van der Waals surface area contributed by atoms with Crippen LogP contribution in [0.25, 0.3) is 0 Å². The third-order valence-electron chi connectivity index (χ3n) is 4.50. The number of aromatic nitrogens is 1. The number of nitrogens with two attached hydrogens (primary N) is 1. The van der Waals surface area contributed by atoms with Crippen molar-refractivity contribution in [3.63, 3.8) is 0 Å². The van der Waals surface area contributed by atoms with Gasteiger partial charge in [-0.15, -0.1) is 0 Å². The van der Waals surface area contributed by atoms with E-state index in [1.807, 2.05) is 0 Å². The molecule has 2 aromatic rings. The molecule has 0 radical (unpaired) electrons. The molecule has 140 valence electrons. The molecule has 9 heteroatoms. The largest absolute Gasteiger partial charge is 0.417 e. The van der Waals surface area contributed by atoms with E-state index < -0.39 is 41.2 Å². The maximum atomic E-state index is 14.0. The number of hydrogen-bond acceptors (Lipinski definition) is 3. The first kappa shape index (κ1) is 18.5. The van der Waals surface area contributed by atoms with Gasteiger partial charge in [0.05, 0.1) is 5.56 Å². The lowest BCUT2D eigenvalue weighted by atomic mass is 9.85. The van der Waals surface area contributed by atoms with Crippen molar-refractivity contribution in [1.29, 1.82) is 0 Å². The van der Waals surface area contributed by atoms with Crippen LogP contribution in [0.2, 0.25) is 0 Å². The minimum absolute atomic E-state index is 0.00331. The van der Waals surface area contributed by atoms with E-state index in [0.29, 0.717) is 24.8 Å². The molecule has 1 aliphatic rings. The number of nitrogens with zero attached hydrogens (tertiary/aromatic N) is 2. The zero-order chi connectivity index (χ0) is 19.1. The quantitative estimate of drug-likeness (QED) is 0.641. The SMILES string of the molecule is N[C@H]1CN(c2ccc(C(F)(F)F)cn2)CC[C@@H]1c1cc(F)c(F)cc1F. The molecular formula is C17H15F6N3. The lowest BCUT2D eigenvalue weighted by Gasteiger charge is -2.37. The van der Waals surface area contributed by atoms with Gasteiger partial charge in [-0.25, -0.2) is 18.2 Å². The molecule has 1 aliphatic heterocycles. The third-order valence-corrected chi connectivity index (χ3v) is 4.50. The third kappa shape index (κ3) is 3.62. The van der Waals surface area contributed by atoms with Crippen LogP contribution in [0.4, 0.5) is 32.2 Å². The molecule has 0 saturated carbocycles. The van der Waals surface area contributed by atoms with Crippen molar-refractivity contribution in [2.75, 3.05) is 18.0 Å². The second-order valence-electron chi connectivity index (χ2n) is 6.20. The van der Waals surface area contributed by atoms with E-state index in [-0.39, 0.29) is 12.1 Å². The average Bonchev–Trinajstić information content (AvgIpc) is 2.58. The normalized spacial score (nSPS) is 21.1. The summed E-state index contributed by atoms with van der Waals surface area (Å²) in [7, 11) is 0. The Kier molecular flexibility index (Phi) is 4.83. The Morgan fingerprint density at radius 2 is 1.73 bits per heavy atom. The minimum atomic E-state index is -4.47. The molecule has 1 fully saturated rings. The van der Waals surface area contributed by atoms with Crippen LogP contribution < -0.4 is 10.6 Å². The van der Waals surface area contributed by atoms with Crippen LogP contribution in [0.3, 0.4) is 0 Å². The van der Waals surface area contributed by atoms with E-state index in [4.69, 9.17) is 5.73 Å². The van der Waals surface area contributed by atoms with Gasteiger partial charge < -0.3 is 10.6 Å². The van der Waals surface area contributed by atoms with E-state index in [1.54, 1.807) is 4.90 Å². The molecule has 26 heavy (non-hydrogen) atoms. The summed E-state index contributed by atoms with van der Waals surface area (Å²) in [6, 6.07) is 2.85. The number of rotatable bonds is 2. The summed E-state index contributed by atoms with van der Waals surface area (Å²) >= 11 is 0. The van der Waals surface area contributed by atoms with Crippen molar-refractivity contribution < 1.29 is 26.3 Å². The maximum Gasteiger partial charge on any atom is 0.417 e. The first-order chi connectivity index (χ1) is 12.2. The summed E-state index contributed by atoms with van der Waals surface area (Å²) in [5.74, 6) is -3.51. The van der Waals surface area contributed by atoms with Gasteiger partial charge in [0, 0.05) is 37.3 Å². The van der Waals surface area contributed by atoms with Crippen molar-refractivity contribution in [2.24, 2.45) is 5.73 Å². The second kappa shape index (κ2) is 6.79. The highest BCUT2D eigenvalue weighted by Gasteiger charge is 2.33. The molecule has 2 heterocycles. The lowest BCUT2D eigenvalue weighted by Crippen LogP contribution is -2.48. The number of benzene rings is 1. The van der Waals surface area contributed by atoms with Crippen LogP contribution in [-0.2, 0) is 6.18 Å². The zero-order valence-corrected chi connectivity index (χ0v) is 13.4. The summed E-state index contributed by atoms with van der Waals surface area (Å²) in [5, 5.41) is 0. The van der Waals surface area contributed by atoms with Crippen LogP contribution >= 0.6 is 0 Å². The van der Waals surface area contributed by atoms with E-state index in [0.717, 1.165) is 18.3 Å². The van der Waals surface area contributed by atoms with Crippen molar-refractivity contribution in [1.82, 2.24) is 4.98 Å². The Balaban J connectivity index is 1.75. The summed E-state index contributed by atoms with van der Waals surface area (Å²) < 4.78 is 78.3. The van der Waals surface area contributed by atoms with Gasteiger partial charge in [0.25, 0.3) is 0 Å². The van der Waals surface area contributed by atoms with Gasteiger partial charge in [0.1, 0.15) is 11.6 Å². The summed E-state index contributed by atoms with van der Waals surface area (Å²) in [6.45, 7) is 0.538. The van der Waals surface area contributed by atoms with Crippen LogP contribution in [0, 0.1) is 17.5 Å². The van der Waals surface area contributed by atoms with E-state index in [1.165, 1.54) is 6.07 Å². The number of pyridine rings is 1. The summed E-state index contributed by atoms with van der Waals surface area (Å²) in [4.78, 5) is 5.49. The Hall–Kier alpha value is -2.29. The Morgan fingerprint density at radius 1 is 1.04 bits per heavy atom. The van der Waals surface area contributed by atoms with Crippen molar-refractivity contribution in [2.45, 2.75) is 24.6 Å². The lowest BCUT2D eigenvalue weighted by molar-refractivity contribution is -0.137. The van der Waals surface area contributed by atoms with Gasteiger partial charge in [0.2, 0.25) is 0 Å². The molecule has 0 unspecified atom stereocenters. The van der Waals surface area contributed by atoms with Crippen molar-refractivity contribution in [3.05, 3.63) is 59.0 Å². The maximum absolute atomic E-state index is 14.0. The molecule has 0 amide bonds. The fourth-order valence-corrected chi connectivity index (χ4v) is 3.14. The van der Waals surface area contributed by atoms with Gasteiger partial charge in [-0.3, -0.25) is 0 Å². The molecule has 3 rings (SSSR count). The van der Waals surface area contributed by atoms with Gasteiger partial charge in [-0.1, -0.05) is 0 Å². The Bertz CT molecular complexity index is 790. The molecule has 0 spiro atoms. The van der Waals surface area contributed by atoms with Gasteiger partial charge in [0.15, 0.2) is 11.6 Å². The predicted octanol–water partition coefficient (Wildman–Crippen LogP) is 3.84. The number of hydrogen-bond donors (Lipinski definition) is 1. The van der Waals surface area contributed by atoms with Crippen molar-refractivity contribution >= 4 is 5.82 Å². The van der Waals surface area contributed by atoms with E-state index in [2.05, 4.69) is 4.98 Å². The number of anilines is 1. The van der Waals surface area contributed by atoms with E-state index in [9.17, 15) is 26.3 Å². The Morgan fingerprint density at radius 3 is 2.31 bits per heavy atom. The van der Waals surface area contributed by atoms with Crippen molar-refractivity contribution in [3.8, 4) is 0 Å². The minimum Gasteiger partial charge on any atom is -0.355 e. The monoisotopic (exact) mass is 375 g/mol. The van der Waals surface area contributed by atoms with Gasteiger partial charge in [-0.2, -0.15) is 13.2 Å². The topological polar surface area (TPSA) is 42.1 Å². The highest BCUT2D eigenvalue weighted by molar-refractivity contribution is 5.42. The van der Waals surface area contributed by atoms with E-state index >= 15 is 0 Å². The van der Waals surface area contributed by atoms with Crippen LogP contribution in [0.15, 0.2) is 30.5 Å². The fraction of sp³-hybridized carbons (Fsp3) is 0.353. The molecule has 3 nitrogen and oxygen atoms in total. The summed E-state index contributed by atoms with van der Waals surface area (Å²) in [5.41, 5.74) is 5.20. The molecule has 2 atom stereocenters. The number of piperidine rings is 1. The zero-order valence-electron chi connectivity index (χ0n) is 13.4. The summed E-state index contributed by atoms with van der Waals surface area (Å²) in [6.07, 6.45) is -3.41. The average molecular weight is 375 g/mol. The molecule has 1 saturated heterocycles. The second-order valence-corrected chi connectivity index (χ2v) is 6.20. The highest BCUT2D eigenvalue weighted by atomic mass is 19.4. The van der Waals surface area contributed by atoms with Crippen LogP contribution in [0.1, 0.15) is 23.5 Å². The first-order valence-electron chi connectivity index (χ1n) is 7.85. The highest BCUT2D eigenvalue weighted by Crippen LogP contribution is 2.33. The van der Waals surface area contributed by atoms with Gasteiger partial charge >= 0.3 is 6.18 Å². The standard InChI is InChI=1S/C17H15F6N3/c18-12-6-14(20)13(19)5-11(12)10-3-4-26(8-15(10)24)16-2-1-9(7-25-16)17(21,22)23/h1-2,5-7,10,15H,3-4,8,24H2/t10-,15+/m1/s1. The molecule has 2 N–H and O–H groups in total. The molecule has 1 aromatic heterocycles. The number of halogens is 6. The smallest absolute Gasteiger partial charge is 0.355 e. The van der Waals surface area contributed by atoms with Crippen LogP contribution in [0.5, 0.6) is 0 Å². The Labute approximate surface area is 145 Å². The van der Waals surface area contributed by atoms with Gasteiger partial charge in [-0.05, 0) is 30.2 Å². The molecule has 1 aromatic carbocycles. The predicted molar refractivity (Wildman–Crippen MR) is 83.1 cm³/mol. The molecule has 0 aliphatic carbocycles. The molecular weight excluding hydrogens is 360 g/mol. The first-order valence-corrected chi connectivity index (χ1v) is 7.85. The fourth-order valence-electron chi connectivity index (χ4n) is 3.14. The van der Waals surface area contributed by atoms with Crippen LogP contribution in [-0.4, -0.2) is 24.1 Å². The molecule has 0 bridgehead atoms. The number of alkyl halides is 3.